The Morgan fingerprint density at radius 3 is 2.44 bits per heavy atom. The number of benzene rings is 1. The van der Waals surface area contributed by atoms with E-state index >= 15 is 0 Å². The predicted octanol–water partition coefficient (Wildman–Crippen LogP) is 3.01. The minimum Gasteiger partial charge on any atom is -0.380 e. The van der Waals surface area contributed by atoms with E-state index in [4.69, 9.17) is 0 Å². The van der Waals surface area contributed by atoms with Crippen LogP contribution in [0.1, 0.15) is 24.5 Å². The molecule has 1 aromatic heterocycles. The van der Waals surface area contributed by atoms with Crippen LogP contribution in [-0.4, -0.2) is 10.1 Å². The summed E-state index contributed by atoms with van der Waals surface area (Å²) in [6.45, 7) is 1.75. The third-order valence-electron chi connectivity index (χ3n) is 3.00. The fourth-order valence-corrected chi connectivity index (χ4v) is 1.96. The van der Waals surface area contributed by atoms with Gasteiger partial charge in [-0.05, 0) is 30.2 Å². The average Bonchev–Trinajstić information content (AvgIpc) is 2.38. The van der Waals surface area contributed by atoms with E-state index in [0.29, 0.717) is 17.5 Å². The van der Waals surface area contributed by atoms with Crippen molar-refractivity contribution in [3.05, 3.63) is 65.5 Å². The second-order valence-electron chi connectivity index (χ2n) is 4.12. The van der Waals surface area contributed by atoms with Gasteiger partial charge >= 0.3 is 0 Å². The minimum absolute atomic E-state index is 0.293. The lowest BCUT2D eigenvalue weighted by molar-refractivity contribution is 0.0754. The van der Waals surface area contributed by atoms with Crippen molar-refractivity contribution in [2.45, 2.75) is 18.9 Å². The zero-order chi connectivity index (χ0) is 13.2. The van der Waals surface area contributed by atoms with Crippen molar-refractivity contribution in [3.8, 4) is 0 Å². The molecule has 1 atom stereocenters. The summed E-state index contributed by atoms with van der Waals surface area (Å²) < 4.78 is 26.4. The number of hydrogen-bond donors (Lipinski definition) is 1. The molecule has 18 heavy (non-hydrogen) atoms. The van der Waals surface area contributed by atoms with E-state index in [0.717, 1.165) is 6.20 Å². The van der Waals surface area contributed by atoms with E-state index in [-0.39, 0.29) is 0 Å². The highest BCUT2D eigenvalue weighted by atomic mass is 19.1. The van der Waals surface area contributed by atoms with Gasteiger partial charge in [0.2, 0.25) is 0 Å². The maximum Gasteiger partial charge on any atom is 0.141 e. The summed E-state index contributed by atoms with van der Waals surface area (Å²) in [6.07, 6.45) is 2.74. The van der Waals surface area contributed by atoms with Gasteiger partial charge in [0.15, 0.2) is 0 Å². The van der Waals surface area contributed by atoms with Crippen LogP contribution in [0.4, 0.5) is 8.78 Å². The van der Waals surface area contributed by atoms with Crippen LogP contribution in [-0.2, 0) is 5.60 Å². The Bertz CT molecular complexity index is 511. The summed E-state index contributed by atoms with van der Waals surface area (Å²) in [7, 11) is 0. The van der Waals surface area contributed by atoms with Crippen molar-refractivity contribution < 1.29 is 13.9 Å². The Morgan fingerprint density at radius 2 is 1.83 bits per heavy atom. The molecule has 1 N–H and O–H groups in total. The van der Waals surface area contributed by atoms with Gasteiger partial charge in [0.05, 0.1) is 6.20 Å². The summed E-state index contributed by atoms with van der Waals surface area (Å²) in [6, 6.07) is 6.87. The van der Waals surface area contributed by atoms with E-state index in [1.54, 1.807) is 13.0 Å². The van der Waals surface area contributed by atoms with Crippen molar-refractivity contribution in [1.29, 1.82) is 0 Å². The summed E-state index contributed by atoms with van der Waals surface area (Å²) in [5, 5.41) is 10.6. The van der Waals surface area contributed by atoms with E-state index in [2.05, 4.69) is 4.98 Å². The third kappa shape index (κ3) is 2.24. The number of nitrogens with zero attached hydrogens (tertiary/aromatic N) is 1. The number of hydrogen-bond acceptors (Lipinski definition) is 2. The Kier molecular flexibility index (Phi) is 3.39. The van der Waals surface area contributed by atoms with Crippen LogP contribution in [0.25, 0.3) is 0 Å². The lowest BCUT2D eigenvalue weighted by atomic mass is 9.85. The number of pyridine rings is 1. The first-order valence-corrected chi connectivity index (χ1v) is 5.65. The molecule has 4 heteroatoms. The molecule has 1 aromatic carbocycles. The van der Waals surface area contributed by atoms with Crippen LogP contribution in [0.5, 0.6) is 0 Å². The van der Waals surface area contributed by atoms with Gasteiger partial charge < -0.3 is 5.11 Å². The quantitative estimate of drug-likeness (QED) is 0.907. The van der Waals surface area contributed by atoms with Crippen molar-refractivity contribution in [2.24, 2.45) is 0 Å². The van der Waals surface area contributed by atoms with Crippen LogP contribution in [0.15, 0.2) is 42.7 Å². The highest BCUT2D eigenvalue weighted by molar-refractivity contribution is 5.34. The normalized spacial score (nSPS) is 14.2. The van der Waals surface area contributed by atoms with Gasteiger partial charge in [-0.3, -0.25) is 4.98 Å². The van der Waals surface area contributed by atoms with Crippen LogP contribution in [0.2, 0.25) is 0 Å². The topological polar surface area (TPSA) is 33.1 Å². The number of aliphatic hydroxyl groups is 1. The van der Waals surface area contributed by atoms with Crippen molar-refractivity contribution in [3.63, 3.8) is 0 Å². The van der Waals surface area contributed by atoms with Crippen molar-refractivity contribution in [2.75, 3.05) is 0 Å². The first-order chi connectivity index (χ1) is 8.56. The van der Waals surface area contributed by atoms with Crippen LogP contribution < -0.4 is 0 Å². The molecule has 0 aliphatic carbocycles. The molecule has 0 bridgehead atoms. The highest BCUT2D eigenvalue weighted by Gasteiger charge is 2.30. The zero-order valence-electron chi connectivity index (χ0n) is 9.90. The summed E-state index contributed by atoms with van der Waals surface area (Å²) in [4.78, 5) is 3.72. The molecule has 0 radical (unpaired) electrons. The van der Waals surface area contributed by atoms with Crippen LogP contribution in [0, 0.1) is 11.6 Å². The lowest BCUT2D eigenvalue weighted by Gasteiger charge is -2.27. The molecule has 2 aromatic rings. The molecular formula is C14H13F2NO. The lowest BCUT2D eigenvalue weighted by Crippen LogP contribution is -2.26. The fourth-order valence-electron chi connectivity index (χ4n) is 1.96. The molecule has 0 aliphatic rings. The van der Waals surface area contributed by atoms with Gasteiger partial charge in [-0.1, -0.05) is 19.1 Å². The smallest absolute Gasteiger partial charge is 0.141 e. The van der Waals surface area contributed by atoms with Crippen molar-refractivity contribution in [1.82, 2.24) is 4.98 Å². The molecule has 1 unspecified atom stereocenters. The molecule has 2 nitrogen and oxygen atoms in total. The average molecular weight is 249 g/mol. The standard InChI is InChI=1S/C14H13F2NO/c1-2-14(18,10-4-3-5-12(15)6-10)11-7-13(16)9-17-8-11/h3-9,18H,2H2,1H3. The number of halogens is 2. The molecule has 2 rings (SSSR count). The molecular weight excluding hydrogens is 236 g/mol. The minimum atomic E-state index is -1.43. The zero-order valence-corrected chi connectivity index (χ0v) is 9.90. The molecule has 0 aliphatic heterocycles. The van der Waals surface area contributed by atoms with Gasteiger partial charge in [0, 0.05) is 11.8 Å². The van der Waals surface area contributed by atoms with E-state index < -0.39 is 17.2 Å². The molecule has 0 saturated heterocycles. The van der Waals surface area contributed by atoms with Crippen molar-refractivity contribution >= 4 is 0 Å². The third-order valence-corrected chi connectivity index (χ3v) is 3.00. The largest absolute Gasteiger partial charge is 0.380 e. The van der Waals surface area contributed by atoms with Gasteiger partial charge in [-0.25, -0.2) is 8.78 Å². The van der Waals surface area contributed by atoms with Crippen LogP contribution >= 0.6 is 0 Å². The molecule has 94 valence electrons. The van der Waals surface area contributed by atoms with Crippen LogP contribution in [0.3, 0.4) is 0 Å². The maximum absolute atomic E-state index is 13.2. The van der Waals surface area contributed by atoms with E-state index in [9.17, 15) is 13.9 Å². The summed E-state index contributed by atoms with van der Waals surface area (Å²) >= 11 is 0. The Hall–Kier alpha value is -1.81. The maximum atomic E-state index is 13.2. The Morgan fingerprint density at radius 1 is 1.11 bits per heavy atom. The monoisotopic (exact) mass is 249 g/mol. The van der Waals surface area contributed by atoms with Gasteiger partial charge in [0.25, 0.3) is 0 Å². The molecule has 0 fully saturated rings. The van der Waals surface area contributed by atoms with Gasteiger partial charge in [-0.15, -0.1) is 0 Å². The Balaban J connectivity index is 2.54. The fraction of sp³-hybridized carbons (Fsp3) is 0.214. The first kappa shape index (κ1) is 12.6. The summed E-state index contributed by atoms with van der Waals surface area (Å²) in [5.41, 5.74) is -0.731. The predicted molar refractivity (Wildman–Crippen MR) is 63.9 cm³/mol. The summed E-state index contributed by atoms with van der Waals surface area (Å²) in [5.74, 6) is -0.973. The number of aromatic nitrogens is 1. The first-order valence-electron chi connectivity index (χ1n) is 5.65. The SMILES string of the molecule is CCC(O)(c1cccc(F)c1)c1cncc(F)c1. The van der Waals surface area contributed by atoms with Gasteiger partial charge in [0.1, 0.15) is 17.2 Å². The number of rotatable bonds is 3. The molecule has 0 saturated carbocycles. The highest BCUT2D eigenvalue weighted by Crippen LogP contribution is 2.32. The molecule has 0 spiro atoms. The molecule has 0 amide bonds. The van der Waals surface area contributed by atoms with Gasteiger partial charge in [-0.2, -0.15) is 0 Å². The second-order valence-corrected chi connectivity index (χ2v) is 4.12. The van der Waals surface area contributed by atoms with E-state index in [1.165, 1.54) is 30.5 Å². The Labute approximate surface area is 104 Å². The molecule has 1 heterocycles. The second kappa shape index (κ2) is 4.82. The van der Waals surface area contributed by atoms with E-state index in [1.807, 2.05) is 0 Å².